The quantitative estimate of drug-likeness (QED) is 0.605. The summed E-state index contributed by atoms with van der Waals surface area (Å²) in [4.78, 5) is 13.2. The summed E-state index contributed by atoms with van der Waals surface area (Å²) >= 11 is 0. The van der Waals surface area contributed by atoms with Gasteiger partial charge in [-0.2, -0.15) is 0 Å². The first kappa shape index (κ1) is 11.8. The summed E-state index contributed by atoms with van der Waals surface area (Å²) in [5.74, 6) is -0.308. The summed E-state index contributed by atoms with van der Waals surface area (Å²) in [6.45, 7) is 3.66. The van der Waals surface area contributed by atoms with Crippen molar-refractivity contribution in [2.75, 3.05) is 32.8 Å². The summed E-state index contributed by atoms with van der Waals surface area (Å²) < 4.78 is 0. The van der Waals surface area contributed by atoms with Gasteiger partial charge in [0.1, 0.15) is 0 Å². The van der Waals surface area contributed by atoms with E-state index in [9.17, 15) is 4.79 Å². The Morgan fingerprint density at radius 1 is 1.38 bits per heavy atom. The van der Waals surface area contributed by atoms with Gasteiger partial charge in [-0.15, -0.1) is 0 Å². The molecule has 0 unspecified atom stereocenters. The molecule has 0 aliphatic carbocycles. The molecule has 0 amide bonds. The van der Waals surface area contributed by atoms with Crippen molar-refractivity contribution in [1.82, 2.24) is 10.2 Å². The number of carboxylic acids is 1. The average molecular weight is 228 g/mol. The number of piperidine rings is 1. The highest BCUT2D eigenvalue weighted by molar-refractivity contribution is 5.68. The number of carbonyl (C=O) groups is 1. The lowest BCUT2D eigenvalue weighted by molar-refractivity contribution is -0.142. The Labute approximate surface area is 95.4 Å². The van der Waals surface area contributed by atoms with Crippen LogP contribution in [0.4, 0.5) is 0 Å². The van der Waals surface area contributed by atoms with E-state index in [-0.39, 0.29) is 18.6 Å². The third kappa shape index (κ3) is 2.21. The van der Waals surface area contributed by atoms with Crippen LogP contribution in [-0.2, 0) is 4.79 Å². The largest absolute Gasteiger partial charge is 0.481 e. The monoisotopic (exact) mass is 228 g/mol. The Bertz CT molecular complexity index is 258. The molecule has 2 rings (SSSR count). The van der Waals surface area contributed by atoms with E-state index >= 15 is 0 Å². The van der Waals surface area contributed by atoms with Crippen LogP contribution >= 0.6 is 0 Å². The number of likely N-dealkylation sites (tertiary alicyclic amines) is 1. The van der Waals surface area contributed by atoms with Crippen molar-refractivity contribution in [3.63, 3.8) is 0 Å². The second-order valence-electron chi connectivity index (χ2n) is 5.01. The number of aliphatic hydroxyl groups is 1. The average Bonchev–Trinajstić information content (AvgIpc) is 2.23. The van der Waals surface area contributed by atoms with Gasteiger partial charge in [-0.1, -0.05) is 0 Å². The van der Waals surface area contributed by atoms with Crippen molar-refractivity contribution >= 4 is 5.97 Å². The van der Waals surface area contributed by atoms with Crippen LogP contribution in [0.2, 0.25) is 0 Å². The summed E-state index contributed by atoms with van der Waals surface area (Å²) in [5, 5.41) is 21.2. The van der Waals surface area contributed by atoms with Crippen molar-refractivity contribution in [3.8, 4) is 0 Å². The van der Waals surface area contributed by atoms with E-state index in [1.807, 2.05) is 0 Å². The Balaban J connectivity index is 1.93. The third-order valence-electron chi connectivity index (χ3n) is 3.93. The predicted molar refractivity (Wildman–Crippen MR) is 59.2 cm³/mol. The number of aliphatic carboxylic acids is 1. The van der Waals surface area contributed by atoms with Gasteiger partial charge in [-0.3, -0.25) is 9.69 Å². The van der Waals surface area contributed by atoms with Crippen LogP contribution in [0.25, 0.3) is 0 Å². The van der Waals surface area contributed by atoms with Gasteiger partial charge in [0.2, 0.25) is 0 Å². The molecule has 92 valence electrons. The normalized spacial score (nSPS) is 26.3. The SMILES string of the molecule is O=C(O)CC1(N2CCC(CO)CC2)CNC1. The van der Waals surface area contributed by atoms with Gasteiger partial charge >= 0.3 is 5.97 Å². The Kier molecular flexibility index (Phi) is 3.47. The van der Waals surface area contributed by atoms with E-state index in [0.717, 1.165) is 39.0 Å². The molecule has 2 fully saturated rings. The van der Waals surface area contributed by atoms with E-state index in [4.69, 9.17) is 10.2 Å². The highest BCUT2D eigenvalue weighted by Gasteiger charge is 2.45. The first-order valence-electron chi connectivity index (χ1n) is 5.95. The molecule has 0 spiro atoms. The van der Waals surface area contributed by atoms with Gasteiger partial charge in [0.25, 0.3) is 0 Å². The lowest BCUT2D eigenvalue weighted by Crippen LogP contribution is -2.70. The van der Waals surface area contributed by atoms with E-state index < -0.39 is 5.97 Å². The fraction of sp³-hybridized carbons (Fsp3) is 0.909. The van der Waals surface area contributed by atoms with Crippen LogP contribution < -0.4 is 5.32 Å². The van der Waals surface area contributed by atoms with Crippen LogP contribution in [0.1, 0.15) is 19.3 Å². The minimum Gasteiger partial charge on any atom is -0.481 e. The maximum Gasteiger partial charge on any atom is 0.305 e. The van der Waals surface area contributed by atoms with Crippen molar-refractivity contribution in [2.24, 2.45) is 5.92 Å². The number of rotatable bonds is 4. The molecule has 0 aromatic heterocycles. The molecule has 5 heteroatoms. The van der Waals surface area contributed by atoms with Gasteiger partial charge in [0, 0.05) is 19.7 Å². The lowest BCUT2D eigenvalue weighted by atomic mass is 9.83. The number of aliphatic hydroxyl groups excluding tert-OH is 1. The van der Waals surface area contributed by atoms with Crippen LogP contribution in [0.15, 0.2) is 0 Å². The van der Waals surface area contributed by atoms with E-state index in [1.165, 1.54) is 0 Å². The molecule has 0 bridgehead atoms. The standard InChI is InChI=1S/C11H20N2O3/c14-6-9-1-3-13(4-2-9)11(5-10(15)16)7-12-8-11/h9,12,14H,1-8H2,(H,15,16). The molecule has 2 heterocycles. The van der Waals surface area contributed by atoms with Crippen LogP contribution in [0.3, 0.4) is 0 Å². The van der Waals surface area contributed by atoms with Crippen LogP contribution in [0, 0.1) is 5.92 Å². The van der Waals surface area contributed by atoms with E-state index in [1.54, 1.807) is 0 Å². The molecule has 2 saturated heterocycles. The number of carboxylic acid groups (broad SMARTS) is 1. The number of nitrogens with zero attached hydrogens (tertiary/aromatic N) is 1. The number of hydrogen-bond donors (Lipinski definition) is 3. The molecule has 0 saturated carbocycles. The molecular weight excluding hydrogens is 208 g/mol. The van der Waals surface area contributed by atoms with Gasteiger partial charge in [-0.05, 0) is 31.8 Å². The molecule has 0 atom stereocenters. The molecule has 16 heavy (non-hydrogen) atoms. The maximum atomic E-state index is 10.9. The van der Waals surface area contributed by atoms with E-state index in [0.29, 0.717) is 5.92 Å². The third-order valence-corrected chi connectivity index (χ3v) is 3.93. The van der Waals surface area contributed by atoms with Crippen molar-refractivity contribution in [3.05, 3.63) is 0 Å². The summed E-state index contributed by atoms with van der Waals surface area (Å²) in [6.07, 6.45) is 2.19. The number of hydrogen-bond acceptors (Lipinski definition) is 4. The molecule has 0 radical (unpaired) electrons. The smallest absolute Gasteiger partial charge is 0.305 e. The first-order chi connectivity index (χ1) is 7.66. The Hall–Kier alpha value is -0.650. The van der Waals surface area contributed by atoms with Gasteiger partial charge in [-0.25, -0.2) is 0 Å². The van der Waals surface area contributed by atoms with Gasteiger partial charge in [0.05, 0.1) is 12.0 Å². The molecule has 3 N–H and O–H groups in total. The number of nitrogens with one attached hydrogen (secondary N) is 1. The topological polar surface area (TPSA) is 72.8 Å². The second kappa shape index (κ2) is 4.69. The van der Waals surface area contributed by atoms with Gasteiger partial charge in [0.15, 0.2) is 0 Å². The highest BCUT2D eigenvalue weighted by Crippen LogP contribution is 2.29. The Morgan fingerprint density at radius 3 is 2.38 bits per heavy atom. The fourth-order valence-corrected chi connectivity index (χ4v) is 2.75. The molecule has 5 nitrogen and oxygen atoms in total. The molecule has 0 aromatic carbocycles. The van der Waals surface area contributed by atoms with Crippen LogP contribution in [0.5, 0.6) is 0 Å². The van der Waals surface area contributed by atoms with Gasteiger partial charge < -0.3 is 15.5 Å². The minimum atomic E-state index is -0.717. The summed E-state index contributed by atoms with van der Waals surface area (Å²) in [7, 11) is 0. The molecule has 0 aromatic rings. The highest BCUT2D eigenvalue weighted by atomic mass is 16.4. The molecular formula is C11H20N2O3. The van der Waals surface area contributed by atoms with Crippen LogP contribution in [-0.4, -0.2) is 59.4 Å². The molecule has 2 aliphatic heterocycles. The van der Waals surface area contributed by atoms with E-state index in [2.05, 4.69) is 10.2 Å². The second-order valence-corrected chi connectivity index (χ2v) is 5.01. The Morgan fingerprint density at radius 2 is 2.00 bits per heavy atom. The zero-order valence-corrected chi connectivity index (χ0v) is 9.48. The van der Waals surface area contributed by atoms with Crippen molar-refractivity contribution < 1.29 is 15.0 Å². The first-order valence-corrected chi connectivity index (χ1v) is 5.95. The fourth-order valence-electron chi connectivity index (χ4n) is 2.75. The summed E-state index contributed by atoms with van der Waals surface area (Å²) in [5.41, 5.74) is -0.160. The molecule has 2 aliphatic rings. The maximum absolute atomic E-state index is 10.9. The zero-order chi connectivity index (χ0) is 11.6. The van der Waals surface area contributed by atoms with Crippen molar-refractivity contribution in [1.29, 1.82) is 0 Å². The lowest BCUT2D eigenvalue weighted by Gasteiger charge is -2.52. The van der Waals surface area contributed by atoms with Crippen molar-refractivity contribution in [2.45, 2.75) is 24.8 Å². The summed E-state index contributed by atoms with van der Waals surface area (Å²) in [6, 6.07) is 0. The predicted octanol–water partition coefficient (Wildman–Crippen LogP) is -0.493. The zero-order valence-electron chi connectivity index (χ0n) is 9.48. The minimum absolute atomic E-state index is 0.160.